The SMILES string of the molecule is CCNC(C)c1cccnc1N1CCOC2CCCCC21. The second-order valence-electron chi connectivity index (χ2n) is 6.15. The number of hydrogen-bond acceptors (Lipinski definition) is 4. The monoisotopic (exact) mass is 289 g/mol. The van der Waals surface area contributed by atoms with Crippen molar-refractivity contribution in [1.29, 1.82) is 0 Å². The quantitative estimate of drug-likeness (QED) is 0.925. The fourth-order valence-electron chi connectivity index (χ4n) is 3.76. The second-order valence-corrected chi connectivity index (χ2v) is 6.15. The molecule has 1 aliphatic carbocycles. The van der Waals surface area contributed by atoms with Crippen molar-refractivity contribution in [2.24, 2.45) is 0 Å². The van der Waals surface area contributed by atoms with Crippen LogP contribution in [0.3, 0.4) is 0 Å². The van der Waals surface area contributed by atoms with E-state index < -0.39 is 0 Å². The maximum Gasteiger partial charge on any atom is 0.133 e. The van der Waals surface area contributed by atoms with Gasteiger partial charge in [0.25, 0.3) is 0 Å². The number of nitrogens with one attached hydrogen (secondary N) is 1. The number of rotatable bonds is 4. The molecule has 1 aromatic rings. The van der Waals surface area contributed by atoms with E-state index in [9.17, 15) is 0 Å². The van der Waals surface area contributed by atoms with Crippen LogP contribution in [0, 0.1) is 0 Å². The van der Waals surface area contributed by atoms with Crippen molar-refractivity contribution in [2.75, 3.05) is 24.6 Å². The largest absolute Gasteiger partial charge is 0.374 e. The maximum absolute atomic E-state index is 6.00. The third-order valence-electron chi connectivity index (χ3n) is 4.80. The molecule has 3 rings (SSSR count). The molecule has 1 saturated carbocycles. The van der Waals surface area contributed by atoms with Gasteiger partial charge in [0.05, 0.1) is 18.8 Å². The molecule has 2 fully saturated rings. The van der Waals surface area contributed by atoms with E-state index in [1.165, 1.54) is 31.2 Å². The van der Waals surface area contributed by atoms with Crippen molar-refractivity contribution in [3.63, 3.8) is 0 Å². The average molecular weight is 289 g/mol. The summed E-state index contributed by atoms with van der Waals surface area (Å²) < 4.78 is 6.00. The molecule has 4 nitrogen and oxygen atoms in total. The summed E-state index contributed by atoms with van der Waals surface area (Å²) in [5.41, 5.74) is 1.31. The van der Waals surface area contributed by atoms with Crippen molar-refractivity contribution in [1.82, 2.24) is 10.3 Å². The minimum atomic E-state index is 0.337. The van der Waals surface area contributed by atoms with Crippen LogP contribution >= 0.6 is 0 Å². The van der Waals surface area contributed by atoms with Crippen LogP contribution in [-0.4, -0.2) is 36.8 Å². The highest BCUT2D eigenvalue weighted by atomic mass is 16.5. The second kappa shape index (κ2) is 6.75. The summed E-state index contributed by atoms with van der Waals surface area (Å²) >= 11 is 0. The molecule has 3 atom stereocenters. The molecule has 0 spiro atoms. The van der Waals surface area contributed by atoms with Crippen LogP contribution in [0.25, 0.3) is 0 Å². The number of aromatic nitrogens is 1. The first-order valence-electron chi connectivity index (χ1n) is 8.37. The van der Waals surface area contributed by atoms with Gasteiger partial charge in [0, 0.05) is 24.3 Å². The molecule has 0 bridgehead atoms. The molecule has 1 saturated heterocycles. The van der Waals surface area contributed by atoms with Crippen LogP contribution < -0.4 is 10.2 Å². The average Bonchev–Trinajstić information content (AvgIpc) is 2.54. The third-order valence-corrected chi connectivity index (χ3v) is 4.80. The molecule has 4 heteroatoms. The molecule has 21 heavy (non-hydrogen) atoms. The van der Waals surface area contributed by atoms with Crippen molar-refractivity contribution in [2.45, 2.75) is 57.7 Å². The van der Waals surface area contributed by atoms with Gasteiger partial charge in [-0.15, -0.1) is 0 Å². The van der Waals surface area contributed by atoms with Crippen molar-refractivity contribution in [3.8, 4) is 0 Å². The van der Waals surface area contributed by atoms with Gasteiger partial charge in [-0.3, -0.25) is 0 Å². The zero-order valence-electron chi connectivity index (χ0n) is 13.2. The molecule has 1 aromatic heterocycles. The summed E-state index contributed by atoms with van der Waals surface area (Å²) in [4.78, 5) is 7.24. The Morgan fingerprint density at radius 3 is 3.14 bits per heavy atom. The number of anilines is 1. The molecule has 0 aromatic carbocycles. The molecule has 0 radical (unpaired) electrons. The Kier molecular flexibility index (Phi) is 4.76. The van der Waals surface area contributed by atoms with E-state index in [4.69, 9.17) is 9.72 Å². The van der Waals surface area contributed by atoms with E-state index in [-0.39, 0.29) is 0 Å². The molecule has 3 unspecified atom stereocenters. The Balaban J connectivity index is 1.88. The van der Waals surface area contributed by atoms with Gasteiger partial charge in [-0.05, 0) is 32.4 Å². The minimum absolute atomic E-state index is 0.337. The van der Waals surface area contributed by atoms with Gasteiger partial charge >= 0.3 is 0 Å². The Morgan fingerprint density at radius 1 is 1.43 bits per heavy atom. The first-order chi connectivity index (χ1) is 10.3. The summed E-state index contributed by atoms with van der Waals surface area (Å²) in [5, 5.41) is 3.52. The number of fused-ring (bicyclic) bond motifs is 1. The highest BCUT2D eigenvalue weighted by Crippen LogP contribution is 2.34. The lowest BCUT2D eigenvalue weighted by atomic mass is 9.89. The fraction of sp³-hybridized carbons (Fsp3) is 0.706. The third kappa shape index (κ3) is 3.06. The van der Waals surface area contributed by atoms with Crippen LogP contribution in [0.2, 0.25) is 0 Å². The normalized spacial score (nSPS) is 27.2. The van der Waals surface area contributed by atoms with Crippen LogP contribution in [0.1, 0.15) is 51.1 Å². The summed E-state index contributed by atoms with van der Waals surface area (Å²) in [6.07, 6.45) is 7.37. The van der Waals surface area contributed by atoms with Crippen molar-refractivity contribution < 1.29 is 4.74 Å². The molecule has 1 aliphatic heterocycles. The van der Waals surface area contributed by atoms with E-state index >= 15 is 0 Å². The van der Waals surface area contributed by atoms with Crippen molar-refractivity contribution >= 4 is 5.82 Å². The molecule has 2 heterocycles. The highest BCUT2D eigenvalue weighted by Gasteiger charge is 2.35. The Bertz CT molecular complexity index is 463. The van der Waals surface area contributed by atoms with Crippen LogP contribution in [0.15, 0.2) is 18.3 Å². The van der Waals surface area contributed by atoms with Gasteiger partial charge in [-0.2, -0.15) is 0 Å². The predicted molar refractivity (Wildman–Crippen MR) is 85.7 cm³/mol. The molecule has 0 amide bonds. The number of ether oxygens (including phenoxy) is 1. The van der Waals surface area contributed by atoms with E-state index in [1.54, 1.807) is 0 Å². The lowest BCUT2D eigenvalue weighted by Crippen LogP contribution is -2.53. The van der Waals surface area contributed by atoms with Gasteiger partial charge in [0.2, 0.25) is 0 Å². The van der Waals surface area contributed by atoms with Gasteiger partial charge in [0.15, 0.2) is 0 Å². The lowest BCUT2D eigenvalue weighted by Gasteiger charge is -2.45. The Hall–Kier alpha value is -1.13. The molecule has 116 valence electrons. The molecular weight excluding hydrogens is 262 g/mol. The first kappa shape index (κ1) is 14.8. The summed E-state index contributed by atoms with van der Waals surface area (Å²) in [6, 6.07) is 5.10. The topological polar surface area (TPSA) is 37.4 Å². The minimum Gasteiger partial charge on any atom is -0.374 e. The number of hydrogen-bond donors (Lipinski definition) is 1. The standard InChI is InChI=1S/C17H27N3O/c1-3-18-13(2)14-7-6-10-19-17(14)20-11-12-21-16-9-5-4-8-15(16)20/h6-7,10,13,15-16,18H,3-5,8-9,11-12H2,1-2H3. The van der Waals surface area contributed by atoms with Gasteiger partial charge in [0.1, 0.15) is 5.82 Å². The number of pyridine rings is 1. The van der Waals surface area contributed by atoms with E-state index in [2.05, 4.69) is 30.1 Å². The van der Waals surface area contributed by atoms with Crippen LogP contribution in [0.5, 0.6) is 0 Å². The summed E-state index contributed by atoms with van der Waals surface area (Å²) in [7, 11) is 0. The van der Waals surface area contributed by atoms with E-state index in [0.717, 1.165) is 25.5 Å². The zero-order valence-corrected chi connectivity index (χ0v) is 13.2. The number of nitrogens with zero attached hydrogens (tertiary/aromatic N) is 2. The summed E-state index contributed by atoms with van der Waals surface area (Å²) in [6.45, 7) is 7.14. The molecule has 2 aliphatic rings. The predicted octanol–water partition coefficient (Wildman–Crippen LogP) is 2.90. The van der Waals surface area contributed by atoms with E-state index in [0.29, 0.717) is 18.2 Å². The molecule has 1 N–H and O–H groups in total. The summed E-state index contributed by atoms with van der Waals surface area (Å²) in [5.74, 6) is 1.16. The lowest BCUT2D eigenvalue weighted by molar-refractivity contribution is -0.00908. The van der Waals surface area contributed by atoms with Crippen molar-refractivity contribution in [3.05, 3.63) is 23.9 Å². The maximum atomic E-state index is 6.00. The first-order valence-corrected chi connectivity index (χ1v) is 8.37. The fourth-order valence-corrected chi connectivity index (χ4v) is 3.76. The number of morpholine rings is 1. The van der Waals surface area contributed by atoms with Gasteiger partial charge in [-0.1, -0.05) is 25.8 Å². The van der Waals surface area contributed by atoms with Gasteiger partial charge < -0.3 is 15.0 Å². The smallest absolute Gasteiger partial charge is 0.133 e. The Morgan fingerprint density at radius 2 is 2.29 bits per heavy atom. The zero-order chi connectivity index (χ0) is 14.7. The molecular formula is C17H27N3O. The van der Waals surface area contributed by atoms with E-state index in [1.807, 2.05) is 12.3 Å². The van der Waals surface area contributed by atoms with Crippen LogP contribution in [-0.2, 0) is 4.74 Å². The Labute approximate surface area is 127 Å². The van der Waals surface area contributed by atoms with Gasteiger partial charge in [-0.25, -0.2) is 4.98 Å². The van der Waals surface area contributed by atoms with Crippen LogP contribution in [0.4, 0.5) is 5.82 Å². The highest BCUT2D eigenvalue weighted by molar-refractivity contribution is 5.50.